The second-order valence-electron chi connectivity index (χ2n) is 5.59. The SMILES string of the molecule is CCNS(=O)(=O)c1ccc(/C=C/C(=O)Nc2cccnc2OCCOC)cc1. The third-order valence-electron chi connectivity index (χ3n) is 3.51. The predicted molar refractivity (Wildman–Crippen MR) is 107 cm³/mol. The second-order valence-corrected chi connectivity index (χ2v) is 7.36. The molecule has 0 aliphatic rings. The number of sulfonamides is 1. The highest BCUT2D eigenvalue weighted by molar-refractivity contribution is 7.89. The van der Waals surface area contributed by atoms with Crippen LogP contribution in [0.1, 0.15) is 12.5 Å². The molecule has 1 heterocycles. The van der Waals surface area contributed by atoms with Crippen LogP contribution in [0.3, 0.4) is 0 Å². The van der Waals surface area contributed by atoms with Gasteiger partial charge in [-0.25, -0.2) is 18.1 Å². The van der Waals surface area contributed by atoms with Crippen LogP contribution in [0, 0.1) is 0 Å². The first kappa shape index (κ1) is 21.5. The van der Waals surface area contributed by atoms with Crippen LogP contribution < -0.4 is 14.8 Å². The topological polar surface area (TPSA) is 107 Å². The van der Waals surface area contributed by atoms with E-state index in [1.54, 1.807) is 50.6 Å². The third kappa shape index (κ3) is 6.45. The Morgan fingerprint density at radius 1 is 1.18 bits per heavy atom. The van der Waals surface area contributed by atoms with Crippen LogP contribution in [0.2, 0.25) is 0 Å². The van der Waals surface area contributed by atoms with E-state index in [1.165, 1.54) is 18.2 Å². The van der Waals surface area contributed by atoms with Gasteiger partial charge in [0.15, 0.2) is 0 Å². The van der Waals surface area contributed by atoms with Gasteiger partial charge in [-0.05, 0) is 35.9 Å². The lowest BCUT2D eigenvalue weighted by molar-refractivity contribution is -0.111. The molecular formula is C19H23N3O5S. The van der Waals surface area contributed by atoms with Crippen LogP contribution in [0.25, 0.3) is 6.08 Å². The number of benzene rings is 1. The molecule has 0 fully saturated rings. The lowest BCUT2D eigenvalue weighted by Gasteiger charge is -2.09. The van der Waals surface area contributed by atoms with Gasteiger partial charge in [-0.15, -0.1) is 0 Å². The molecule has 1 aromatic heterocycles. The molecule has 150 valence electrons. The van der Waals surface area contributed by atoms with Gasteiger partial charge in [0.25, 0.3) is 0 Å². The number of hydrogen-bond donors (Lipinski definition) is 2. The van der Waals surface area contributed by atoms with Crippen molar-refractivity contribution in [1.29, 1.82) is 0 Å². The number of amides is 1. The summed E-state index contributed by atoms with van der Waals surface area (Å²) < 4.78 is 36.7. The fourth-order valence-corrected chi connectivity index (χ4v) is 3.24. The molecule has 0 unspecified atom stereocenters. The normalized spacial score (nSPS) is 11.5. The van der Waals surface area contributed by atoms with Gasteiger partial charge in [0.1, 0.15) is 12.3 Å². The fraction of sp³-hybridized carbons (Fsp3) is 0.263. The largest absolute Gasteiger partial charge is 0.474 e. The van der Waals surface area contributed by atoms with Gasteiger partial charge >= 0.3 is 0 Å². The van der Waals surface area contributed by atoms with E-state index in [-0.39, 0.29) is 10.8 Å². The van der Waals surface area contributed by atoms with Crippen molar-refractivity contribution in [3.8, 4) is 5.88 Å². The van der Waals surface area contributed by atoms with E-state index in [1.807, 2.05) is 0 Å². The average Bonchev–Trinajstić information content (AvgIpc) is 2.68. The van der Waals surface area contributed by atoms with E-state index in [0.29, 0.717) is 36.9 Å². The van der Waals surface area contributed by atoms with E-state index in [0.717, 1.165) is 0 Å². The molecule has 0 saturated carbocycles. The number of carbonyl (C=O) groups excluding carboxylic acids is 1. The summed E-state index contributed by atoms with van der Waals surface area (Å²) in [5, 5.41) is 2.70. The van der Waals surface area contributed by atoms with Gasteiger partial charge in [0.05, 0.1) is 11.5 Å². The maximum atomic E-state index is 12.2. The number of carbonyl (C=O) groups is 1. The smallest absolute Gasteiger partial charge is 0.248 e. The molecule has 0 atom stereocenters. The van der Waals surface area contributed by atoms with Crippen molar-refractivity contribution in [2.75, 3.05) is 32.2 Å². The molecular weight excluding hydrogens is 382 g/mol. The number of methoxy groups -OCH3 is 1. The zero-order valence-corrected chi connectivity index (χ0v) is 16.5. The Labute approximate surface area is 164 Å². The Hall–Kier alpha value is -2.75. The van der Waals surface area contributed by atoms with Crippen LogP contribution in [-0.2, 0) is 19.6 Å². The van der Waals surface area contributed by atoms with Crippen molar-refractivity contribution < 1.29 is 22.7 Å². The van der Waals surface area contributed by atoms with Crippen molar-refractivity contribution in [2.45, 2.75) is 11.8 Å². The number of nitrogens with zero attached hydrogens (tertiary/aromatic N) is 1. The molecule has 0 radical (unpaired) electrons. The van der Waals surface area contributed by atoms with Gasteiger partial charge in [-0.2, -0.15) is 0 Å². The van der Waals surface area contributed by atoms with Crippen molar-refractivity contribution >= 4 is 27.7 Å². The predicted octanol–water partition coefficient (Wildman–Crippen LogP) is 2.06. The Bertz CT molecular complexity index is 911. The van der Waals surface area contributed by atoms with Gasteiger partial charge in [0, 0.05) is 25.9 Å². The minimum atomic E-state index is -3.50. The van der Waals surface area contributed by atoms with Crippen LogP contribution in [0.4, 0.5) is 5.69 Å². The fourth-order valence-electron chi connectivity index (χ4n) is 2.20. The Morgan fingerprint density at radius 3 is 2.61 bits per heavy atom. The molecule has 0 spiro atoms. The number of anilines is 1. The number of hydrogen-bond acceptors (Lipinski definition) is 6. The Kier molecular flexibility index (Phi) is 8.12. The lowest BCUT2D eigenvalue weighted by atomic mass is 10.2. The molecule has 28 heavy (non-hydrogen) atoms. The molecule has 1 amide bonds. The summed E-state index contributed by atoms with van der Waals surface area (Å²) in [5.41, 5.74) is 1.13. The van der Waals surface area contributed by atoms with Gasteiger partial charge in [0.2, 0.25) is 21.8 Å². The monoisotopic (exact) mass is 405 g/mol. The lowest BCUT2D eigenvalue weighted by Crippen LogP contribution is -2.22. The molecule has 0 aliphatic carbocycles. The van der Waals surface area contributed by atoms with Crippen molar-refractivity contribution in [3.63, 3.8) is 0 Å². The summed E-state index contributed by atoms with van der Waals surface area (Å²) >= 11 is 0. The number of nitrogens with one attached hydrogen (secondary N) is 2. The summed E-state index contributed by atoms with van der Waals surface area (Å²) in [6, 6.07) is 9.58. The van der Waals surface area contributed by atoms with Gasteiger partial charge < -0.3 is 14.8 Å². The summed E-state index contributed by atoms with van der Waals surface area (Å²) in [6.45, 7) is 2.75. The maximum absolute atomic E-state index is 12.2. The quantitative estimate of drug-likeness (QED) is 0.463. The third-order valence-corrected chi connectivity index (χ3v) is 5.07. The van der Waals surface area contributed by atoms with Crippen molar-refractivity contribution in [3.05, 3.63) is 54.2 Å². The highest BCUT2D eigenvalue weighted by Crippen LogP contribution is 2.20. The van der Waals surface area contributed by atoms with Gasteiger partial charge in [-0.1, -0.05) is 19.1 Å². The van der Waals surface area contributed by atoms with Crippen LogP contribution in [0.15, 0.2) is 53.6 Å². The van der Waals surface area contributed by atoms with E-state index in [4.69, 9.17) is 9.47 Å². The molecule has 0 bridgehead atoms. The van der Waals surface area contributed by atoms with E-state index in [9.17, 15) is 13.2 Å². The Balaban J connectivity index is 2.01. The van der Waals surface area contributed by atoms with Crippen LogP contribution in [0.5, 0.6) is 5.88 Å². The van der Waals surface area contributed by atoms with Crippen molar-refractivity contribution in [2.24, 2.45) is 0 Å². The first-order valence-electron chi connectivity index (χ1n) is 8.62. The molecule has 0 aliphatic heterocycles. The second kappa shape index (κ2) is 10.5. The minimum absolute atomic E-state index is 0.171. The van der Waals surface area contributed by atoms with Crippen LogP contribution in [-0.4, -0.2) is 46.2 Å². The molecule has 1 aromatic carbocycles. The summed E-state index contributed by atoms with van der Waals surface area (Å²) in [4.78, 5) is 16.4. The summed E-state index contributed by atoms with van der Waals surface area (Å²) in [5.74, 6) is -0.0618. The zero-order valence-electron chi connectivity index (χ0n) is 15.7. The molecule has 2 rings (SSSR count). The summed E-state index contributed by atoms with van der Waals surface area (Å²) in [6.07, 6.45) is 4.50. The molecule has 2 N–H and O–H groups in total. The average molecular weight is 405 g/mol. The number of aromatic nitrogens is 1. The number of pyridine rings is 1. The van der Waals surface area contributed by atoms with Crippen LogP contribution >= 0.6 is 0 Å². The standard InChI is InChI=1S/C19H23N3O5S/c1-3-21-28(24,25)16-9-6-15(7-10-16)8-11-18(23)22-17-5-4-12-20-19(17)27-14-13-26-2/h4-12,21H,3,13-14H2,1-2H3,(H,22,23)/b11-8+. The first-order chi connectivity index (χ1) is 13.5. The Morgan fingerprint density at radius 2 is 1.93 bits per heavy atom. The van der Waals surface area contributed by atoms with Crippen molar-refractivity contribution in [1.82, 2.24) is 9.71 Å². The van der Waals surface area contributed by atoms with E-state index in [2.05, 4.69) is 15.0 Å². The number of rotatable bonds is 10. The van der Waals surface area contributed by atoms with E-state index < -0.39 is 10.0 Å². The summed E-state index contributed by atoms with van der Waals surface area (Å²) in [7, 11) is -1.93. The molecule has 9 heteroatoms. The number of ether oxygens (including phenoxy) is 2. The van der Waals surface area contributed by atoms with Gasteiger partial charge in [-0.3, -0.25) is 4.79 Å². The maximum Gasteiger partial charge on any atom is 0.248 e. The highest BCUT2D eigenvalue weighted by atomic mass is 32.2. The highest BCUT2D eigenvalue weighted by Gasteiger charge is 2.11. The molecule has 2 aromatic rings. The molecule has 0 saturated heterocycles. The first-order valence-corrected chi connectivity index (χ1v) is 10.1. The minimum Gasteiger partial charge on any atom is -0.474 e. The zero-order chi connectivity index (χ0) is 20.4. The van der Waals surface area contributed by atoms with E-state index >= 15 is 0 Å². The molecule has 8 nitrogen and oxygen atoms in total.